The van der Waals surface area contributed by atoms with Crippen LogP contribution in [0.15, 0.2) is 60.7 Å². The molecule has 12 nitrogen and oxygen atoms in total. The van der Waals surface area contributed by atoms with Crippen molar-refractivity contribution in [3.8, 4) is 0 Å². The molecular formula is C40H61N4O8P. The van der Waals surface area contributed by atoms with Crippen molar-refractivity contribution in [2.45, 2.75) is 111 Å². The minimum Gasteiger partial charge on any atom is -0.445 e. The number of aliphatic hydroxyl groups excluding tert-OH is 1. The van der Waals surface area contributed by atoms with Crippen molar-refractivity contribution in [2.24, 2.45) is 23.7 Å². The molecule has 1 aliphatic rings. The van der Waals surface area contributed by atoms with Gasteiger partial charge in [0.2, 0.25) is 25.1 Å². The molecule has 5 N–H and O–H groups in total. The number of alkyl carbamates (subject to hydrolysis) is 1. The van der Waals surface area contributed by atoms with Crippen LogP contribution in [0.5, 0.6) is 0 Å². The molecule has 0 bridgehead atoms. The first-order valence-corrected chi connectivity index (χ1v) is 21.0. The van der Waals surface area contributed by atoms with Gasteiger partial charge in [-0.05, 0) is 47.6 Å². The van der Waals surface area contributed by atoms with Crippen molar-refractivity contribution in [3.63, 3.8) is 0 Å². The third-order valence-corrected chi connectivity index (χ3v) is 12.2. The molecule has 3 rings (SSSR count). The molecule has 53 heavy (non-hydrogen) atoms. The fourth-order valence-electron chi connectivity index (χ4n) is 6.41. The maximum atomic E-state index is 14.1. The first-order chi connectivity index (χ1) is 25.2. The van der Waals surface area contributed by atoms with Crippen LogP contribution in [-0.2, 0) is 41.4 Å². The van der Waals surface area contributed by atoms with Crippen molar-refractivity contribution >= 4 is 31.2 Å². The van der Waals surface area contributed by atoms with Crippen molar-refractivity contribution in [1.29, 1.82) is 0 Å². The van der Waals surface area contributed by atoms with E-state index in [9.17, 15) is 28.8 Å². The second-order valence-electron chi connectivity index (χ2n) is 15.2. The number of hydrogen-bond donors (Lipinski definition) is 5. The Bertz CT molecular complexity index is 1480. The first kappa shape index (κ1) is 43.7. The molecule has 2 aromatic rings. The van der Waals surface area contributed by atoms with E-state index in [-0.39, 0.29) is 49.6 Å². The zero-order valence-electron chi connectivity index (χ0n) is 32.2. The van der Waals surface area contributed by atoms with Crippen LogP contribution in [0, 0.1) is 23.7 Å². The normalized spacial score (nSPS) is 16.9. The molecule has 4 amide bonds. The summed E-state index contributed by atoms with van der Waals surface area (Å²) < 4.78 is 25.5. The highest BCUT2D eigenvalue weighted by atomic mass is 31.2. The highest BCUT2D eigenvalue weighted by Gasteiger charge is 2.35. The Hall–Kier alpha value is -3.73. The van der Waals surface area contributed by atoms with Gasteiger partial charge in [-0.2, -0.15) is 0 Å². The van der Waals surface area contributed by atoms with Crippen LogP contribution in [0.25, 0.3) is 0 Å². The van der Waals surface area contributed by atoms with Crippen molar-refractivity contribution in [1.82, 2.24) is 21.3 Å². The Labute approximate surface area is 315 Å². The van der Waals surface area contributed by atoms with Crippen molar-refractivity contribution < 1.29 is 38.1 Å². The Kier molecular flexibility index (Phi) is 18.0. The van der Waals surface area contributed by atoms with Crippen LogP contribution in [0.4, 0.5) is 4.79 Å². The second-order valence-corrected chi connectivity index (χ2v) is 17.8. The van der Waals surface area contributed by atoms with Gasteiger partial charge < -0.3 is 35.6 Å². The summed E-state index contributed by atoms with van der Waals surface area (Å²) >= 11 is 0. The molecule has 1 unspecified atom stereocenters. The van der Waals surface area contributed by atoms with E-state index in [1.54, 1.807) is 41.5 Å². The van der Waals surface area contributed by atoms with Crippen LogP contribution < -0.4 is 21.3 Å². The van der Waals surface area contributed by atoms with Crippen molar-refractivity contribution in [2.75, 3.05) is 18.9 Å². The smallest absolute Gasteiger partial charge is 0.408 e. The number of carbonyl (C=O) groups excluding carboxylic acids is 4. The number of aliphatic hydroxyl groups is 1. The van der Waals surface area contributed by atoms with Gasteiger partial charge in [0.25, 0.3) is 0 Å². The van der Waals surface area contributed by atoms with Gasteiger partial charge in [0, 0.05) is 12.7 Å². The van der Waals surface area contributed by atoms with Gasteiger partial charge in [-0.15, -0.1) is 0 Å². The second kappa shape index (κ2) is 21.8. The lowest BCUT2D eigenvalue weighted by molar-refractivity contribution is -0.134. The summed E-state index contributed by atoms with van der Waals surface area (Å²) in [5, 5.41) is 21.9. The molecule has 1 fully saturated rings. The molecule has 2 aromatic carbocycles. The fraction of sp³-hybridized carbons (Fsp3) is 0.600. The number of amides is 4. The average Bonchev–Trinajstić information content (AvgIpc) is 3.13. The van der Waals surface area contributed by atoms with Gasteiger partial charge in [-0.1, -0.05) is 121 Å². The molecule has 0 saturated heterocycles. The minimum absolute atomic E-state index is 0.0353. The molecular weight excluding hydrogens is 695 g/mol. The van der Waals surface area contributed by atoms with E-state index < -0.39 is 55.4 Å². The topological polar surface area (TPSA) is 172 Å². The summed E-state index contributed by atoms with van der Waals surface area (Å²) in [5.41, 5.74) is 1.69. The summed E-state index contributed by atoms with van der Waals surface area (Å²) in [7, 11) is -3.26. The van der Waals surface area contributed by atoms with Crippen LogP contribution >= 0.6 is 7.37 Å². The van der Waals surface area contributed by atoms with E-state index in [0.717, 1.165) is 36.8 Å². The van der Waals surface area contributed by atoms with E-state index in [1.165, 1.54) is 6.42 Å². The highest BCUT2D eigenvalue weighted by molar-refractivity contribution is 7.59. The Morgan fingerprint density at radius 1 is 0.698 bits per heavy atom. The van der Waals surface area contributed by atoms with Gasteiger partial charge in [0.1, 0.15) is 24.7 Å². The number of ether oxygens (including phenoxy) is 1. The summed E-state index contributed by atoms with van der Waals surface area (Å²) in [6, 6.07) is 15.7. The number of rotatable bonds is 20. The lowest BCUT2D eigenvalue weighted by Crippen LogP contribution is -2.60. The average molecular weight is 757 g/mol. The Morgan fingerprint density at radius 3 is 1.68 bits per heavy atom. The van der Waals surface area contributed by atoms with Crippen LogP contribution in [-0.4, -0.2) is 72.0 Å². The summed E-state index contributed by atoms with van der Waals surface area (Å²) in [6.07, 6.45) is 3.70. The van der Waals surface area contributed by atoms with E-state index in [4.69, 9.17) is 9.26 Å². The summed E-state index contributed by atoms with van der Waals surface area (Å²) in [5.74, 6) is -2.40. The standard InChI is InChI=1S/C40H61N4O8P/c1-27(2)34(37(46)41-22-33(45)26-53(50,25-32-20-14-9-15-21-32)52-24-31-18-12-8-13-19-31)42-38(47)35(28(3)4)43-39(48)36(29(5)6)44-40(49)51-23-30-16-10-7-11-17-30/h7-8,10-13,16-19,27-29,32-36,45H,9,14-15,20-26H2,1-6H3,(H,41,46)(H,42,47)(H,43,48)(H,44,49)/t33-,34+,35+,36+,53?/m1/s1. The van der Waals surface area contributed by atoms with E-state index >= 15 is 0 Å². The van der Waals surface area contributed by atoms with E-state index in [2.05, 4.69) is 21.3 Å². The number of benzene rings is 2. The zero-order chi connectivity index (χ0) is 39.0. The summed E-state index contributed by atoms with van der Waals surface area (Å²) in [4.78, 5) is 53.0. The molecule has 294 valence electrons. The molecule has 0 radical (unpaired) electrons. The number of nitrogens with one attached hydrogen (secondary N) is 4. The maximum Gasteiger partial charge on any atom is 0.408 e. The van der Waals surface area contributed by atoms with Crippen molar-refractivity contribution in [3.05, 3.63) is 71.8 Å². The van der Waals surface area contributed by atoms with E-state index in [0.29, 0.717) is 6.16 Å². The lowest BCUT2D eigenvalue weighted by atomic mass is 9.91. The van der Waals surface area contributed by atoms with Gasteiger partial charge in [-0.3, -0.25) is 18.9 Å². The molecule has 1 aliphatic carbocycles. The highest BCUT2D eigenvalue weighted by Crippen LogP contribution is 2.51. The molecule has 1 saturated carbocycles. The molecule has 0 heterocycles. The Balaban J connectivity index is 1.59. The lowest BCUT2D eigenvalue weighted by Gasteiger charge is -2.30. The Morgan fingerprint density at radius 2 is 1.17 bits per heavy atom. The maximum absolute atomic E-state index is 14.1. The molecule has 0 aromatic heterocycles. The quantitative estimate of drug-likeness (QED) is 0.106. The van der Waals surface area contributed by atoms with Gasteiger partial charge in [-0.25, -0.2) is 4.79 Å². The van der Waals surface area contributed by atoms with Crippen LogP contribution in [0.3, 0.4) is 0 Å². The molecule has 0 aliphatic heterocycles. The largest absolute Gasteiger partial charge is 0.445 e. The fourth-order valence-corrected chi connectivity index (χ4v) is 9.07. The van der Waals surface area contributed by atoms with Crippen LogP contribution in [0.1, 0.15) is 84.8 Å². The van der Waals surface area contributed by atoms with Gasteiger partial charge in [0.15, 0.2) is 0 Å². The SMILES string of the molecule is CC(C)[C@H](NC(=O)OCc1ccccc1)C(=O)N[C@H](C(=O)N[C@H](C(=O)NC[C@@H](O)CP(=O)(CC1CCCCC1)OCc1ccccc1)C(C)C)C(C)C. The number of carbonyl (C=O) groups is 4. The van der Waals surface area contributed by atoms with Gasteiger partial charge >= 0.3 is 6.09 Å². The molecule has 0 spiro atoms. The zero-order valence-corrected chi connectivity index (χ0v) is 33.1. The van der Waals surface area contributed by atoms with E-state index in [1.807, 2.05) is 60.7 Å². The monoisotopic (exact) mass is 756 g/mol. The third kappa shape index (κ3) is 15.3. The predicted octanol–water partition coefficient (Wildman–Crippen LogP) is 5.77. The molecule has 5 atom stereocenters. The molecule has 13 heteroatoms. The predicted molar refractivity (Wildman–Crippen MR) is 206 cm³/mol. The number of hydrogen-bond acceptors (Lipinski definition) is 8. The minimum atomic E-state index is -3.26. The third-order valence-electron chi connectivity index (χ3n) is 9.50. The van der Waals surface area contributed by atoms with Gasteiger partial charge in [0.05, 0.1) is 18.9 Å². The first-order valence-electron chi connectivity index (χ1n) is 19.0. The summed E-state index contributed by atoms with van der Waals surface area (Å²) in [6.45, 7) is 10.7. The van der Waals surface area contributed by atoms with Crippen LogP contribution in [0.2, 0.25) is 0 Å².